The summed E-state index contributed by atoms with van der Waals surface area (Å²) >= 11 is 1.70. The Bertz CT molecular complexity index is 604. The Balaban J connectivity index is 0.00000288. The van der Waals surface area contributed by atoms with E-state index in [-0.39, 0.29) is 24.0 Å². The van der Waals surface area contributed by atoms with Gasteiger partial charge in [-0.15, -0.1) is 24.0 Å². The molecule has 0 saturated carbocycles. The summed E-state index contributed by atoms with van der Waals surface area (Å²) in [5.41, 5.74) is 2.28. The van der Waals surface area contributed by atoms with Crippen LogP contribution in [0.4, 0.5) is 0 Å². The van der Waals surface area contributed by atoms with E-state index in [0.717, 1.165) is 30.9 Å². The van der Waals surface area contributed by atoms with Crippen molar-refractivity contribution in [2.75, 3.05) is 13.7 Å². The van der Waals surface area contributed by atoms with Crippen LogP contribution >= 0.6 is 35.3 Å². The molecule has 2 aromatic rings. The van der Waals surface area contributed by atoms with Crippen LogP contribution in [0, 0.1) is 0 Å². The Hall–Kier alpha value is -1.35. The second-order valence-corrected chi connectivity index (χ2v) is 5.86. The fourth-order valence-electron chi connectivity index (χ4n) is 1.98. The third kappa shape index (κ3) is 7.04. The highest BCUT2D eigenvalue weighted by molar-refractivity contribution is 14.0. The first-order chi connectivity index (χ1) is 11.3. The smallest absolute Gasteiger partial charge is 0.218 e. The zero-order valence-corrected chi connectivity index (χ0v) is 17.3. The summed E-state index contributed by atoms with van der Waals surface area (Å²) in [4.78, 5) is 8.56. The second-order valence-electron chi connectivity index (χ2n) is 5.08. The molecule has 0 spiro atoms. The summed E-state index contributed by atoms with van der Waals surface area (Å²) in [6, 6.07) is 6.05. The van der Waals surface area contributed by atoms with Gasteiger partial charge in [0.2, 0.25) is 5.88 Å². The van der Waals surface area contributed by atoms with Crippen molar-refractivity contribution in [2.45, 2.75) is 32.9 Å². The molecule has 2 rings (SSSR count). The average molecular weight is 460 g/mol. The standard InChI is InChI=1S/C17H24N4OS.HI/c1-3-4-9-22-16-15(6-5-8-19-16)12-21-17(18-2)20-11-14-7-10-23-13-14;/h5-8,10,13H,3-4,9,11-12H2,1-2H3,(H2,18,20,21);1H. The van der Waals surface area contributed by atoms with Crippen molar-refractivity contribution in [3.63, 3.8) is 0 Å². The molecule has 0 saturated heterocycles. The van der Waals surface area contributed by atoms with Gasteiger partial charge in [-0.1, -0.05) is 19.4 Å². The Kier molecular flexibility index (Phi) is 10.4. The molecule has 0 radical (unpaired) electrons. The number of aliphatic imine (C=N–C) groups is 1. The largest absolute Gasteiger partial charge is 0.477 e. The maximum atomic E-state index is 5.75. The monoisotopic (exact) mass is 460 g/mol. The Morgan fingerprint density at radius 2 is 2.12 bits per heavy atom. The van der Waals surface area contributed by atoms with Crippen LogP contribution < -0.4 is 15.4 Å². The maximum Gasteiger partial charge on any atom is 0.218 e. The van der Waals surface area contributed by atoms with E-state index in [4.69, 9.17) is 4.74 Å². The van der Waals surface area contributed by atoms with Crippen LogP contribution in [0.1, 0.15) is 30.9 Å². The van der Waals surface area contributed by atoms with Gasteiger partial charge in [0.1, 0.15) is 0 Å². The number of aromatic nitrogens is 1. The van der Waals surface area contributed by atoms with E-state index in [1.165, 1.54) is 5.56 Å². The minimum Gasteiger partial charge on any atom is -0.477 e. The van der Waals surface area contributed by atoms with Crippen molar-refractivity contribution in [3.8, 4) is 5.88 Å². The predicted octanol–water partition coefficient (Wildman–Crippen LogP) is 3.81. The van der Waals surface area contributed by atoms with E-state index in [1.807, 2.05) is 12.1 Å². The van der Waals surface area contributed by atoms with Crippen LogP contribution in [-0.2, 0) is 13.1 Å². The van der Waals surface area contributed by atoms with Gasteiger partial charge < -0.3 is 15.4 Å². The number of ether oxygens (including phenoxy) is 1. The molecule has 0 bridgehead atoms. The Morgan fingerprint density at radius 3 is 2.83 bits per heavy atom. The first-order valence-electron chi connectivity index (χ1n) is 7.85. The molecular weight excluding hydrogens is 435 g/mol. The number of halogens is 1. The minimum absolute atomic E-state index is 0. The number of pyridine rings is 1. The molecule has 24 heavy (non-hydrogen) atoms. The lowest BCUT2D eigenvalue weighted by molar-refractivity contribution is 0.294. The van der Waals surface area contributed by atoms with Crippen LogP contribution in [0.5, 0.6) is 5.88 Å². The van der Waals surface area contributed by atoms with Gasteiger partial charge in [0.15, 0.2) is 5.96 Å². The maximum absolute atomic E-state index is 5.75. The van der Waals surface area contributed by atoms with E-state index in [1.54, 1.807) is 24.6 Å². The van der Waals surface area contributed by atoms with Gasteiger partial charge in [0.25, 0.3) is 0 Å². The van der Waals surface area contributed by atoms with Gasteiger partial charge >= 0.3 is 0 Å². The zero-order chi connectivity index (χ0) is 16.3. The van der Waals surface area contributed by atoms with Crippen molar-refractivity contribution in [1.82, 2.24) is 15.6 Å². The first-order valence-corrected chi connectivity index (χ1v) is 8.80. The molecule has 2 heterocycles. The highest BCUT2D eigenvalue weighted by Gasteiger charge is 2.06. The number of hydrogen-bond donors (Lipinski definition) is 2. The molecule has 0 aliphatic heterocycles. The fourth-order valence-corrected chi connectivity index (χ4v) is 2.65. The molecule has 0 amide bonds. The zero-order valence-electron chi connectivity index (χ0n) is 14.1. The van der Waals surface area contributed by atoms with Crippen molar-refractivity contribution >= 4 is 41.3 Å². The highest BCUT2D eigenvalue weighted by Crippen LogP contribution is 2.14. The lowest BCUT2D eigenvalue weighted by Gasteiger charge is -2.13. The fraction of sp³-hybridized carbons (Fsp3) is 0.412. The van der Waals surface area contributed by atoms with E-state index >= 15 is 0 Å². The number of hydrogen-bond acceptors (Lipinski definition) is 4. The van der Waals surface area contributed by atoms with Crippen molar-refractivity contribution in [2.24, 2.45) is 4.99 Å². The lowest BCUT2D eigenvalue weighted by atomic mass is 10.2. The topological polar surface area (TPSA) is 58.5 Å². The summed E-state index contributed by atoms with van der Waals surface area (Å²) in [5, 5.41) is 10.8. The van der Waals surface area contributed by atoms with E-state index in [2.05, 4.69) is 44.4 Å². The third-order valence-electron chi connectivity index (χ3n) is 3.30. The number of guanidine groups is 1. The van der Waals surface area contributed by atoms with Crippen LogP contribution in [0.25, 0.3) is 0 Å². The molecule has 132 valence electrons. The molecule has 2 N–H and O–H groups in total. The van der Waals surface area contributed by atoms with E-state index < -0.39 is 0 Å². The summed E-state index contributed by atoms with van der Waals surface area (Å²) in [6.07, 6.45) is 3.90. The van der Waals surface area contributed by atoms with E-state index in [9.17, 15) is 0 Å². The molecule has 0 aliphatic carbocycles. The van der Waals surface area contributed by atoms with Gasteiger partial charge in [0.05, 0.1) is 6.61 Å². The summed E-state index contributed by atoms with van der Waals surface area (Å²) in [5.74, 6) is 1.46. The van der Waals surface area contributed by atoms with Crippen LogP contribution in [0.3, 0.4) is 0 Å². The molecule has 0 aliphatic rings. The predicted molar refractivity (Wildman–Crippen MR) is 111 cm³/mol. The van der Waals surface area contributed by atoms with Gasteiger partial charge in [-0.25, -0.2) is 4.98 Å². The second kappa shape index (κ2) is 12.1. The van der Waals surface area contributed by atoms with Gasteiger partial charge in [-0.2, -0.15) is 11.3 Å². The summed E-state index contributed by atoms with van der Waals surface area (Å²) in [7, 11) is 1.77. The minimum atomic E-state index is 0. The van der Waals surface area contributed by atoms with Crippen molar-refractivity contribution in [3.05, 3.63) is 46.3 Å². The van der Waals surface area contributed by atoms with Crippen molar-refractivity contribution < 1.29 is 4.74 Å². The number of nitrogens with one attached hydrogen (secondary N) is 2. The van der Waals surface area contributed by atoms with Gasteiger partial charge in [0, 0.05) is 31.9 Å². The molecule has 0 aromatic carbocycles. The van der Waals surface area contributed by atoms with E-state index in [0.29, 0.717) is 19.0 Å². The Morgan fingerprint density at radius 1 is 1.29 bits per heavy atom. The number of unbranched alkanes of at least 4 members (excludes halogenated alkanes) is 1. The normalized spacial score (nSPS) is 10.8. The van der Waals surface area contributed by atoms with Crippen LogP contribution in [-0.4, -0.2) is 24.6 Å². The van der Waals surface area contributed by atoms with Gasteiger partial charge in [-0.3, -0.25) is 4.99 Å². The summed E-state index contributed by atoms with van der Waals surface area (Å²) < 4.78 is 5.75. The quantitative estimate of drug-likeness (QED) is 0.272. The number of thiophene rings is 1. The first kappa shape index (κ1) is 20.7. The average Bonchev–Trinajstić information content (AvgIpc) is 3.10. The number of nitrogens with zero attached hydrogens (tertiary/aromatic N) is 2. The molecule has 0 fully saturated rings. The van der Waals surface area contributed by atoms with Crippen LogP contribution in [0.15, 0.2) is 40.1 Å². The number of rotatable bonds is 8. The highest BCUT2D eigenvalue weighted by atomic mass is 127. The third-order valence-corrected chi connectivity index (χ3v) is 4.03. The Labute approximate surface area is 165 Å². The molecule has 0 unspecified atom stereocenters. The molecule has 5 nitrogen and oxygen atoms in total. The SMILES string of the molecule is CCCCOc1ncccc1CNC(=NC)NCc1ccsc1.I. The molecule has 2 aromatic heterocycles. The van der Waals surface area contributed by atoms with Crippen molar-refractivity contribution in [1.29, 1.82) is 0 Å². The lowest BCUT2D eigenvalue weighted by Crippen LogP contribution is -2.36. The van der Waals surface area contributed by atoms with Crippen LogP contribution in [0.2, 0.25) is 0 Å². The molecule has 0 atom stereocenters. The molecule has 7 heteroatoms. The summed E-state index contributed by atoms with van der Waals surface area (Å²) in [6.45, 7) is 4.23. The van der Waals surface area contributed by atoms with Gasteiger partial charge in [-0.05, 0) is 34.9 Å². The molecular formula is C17H25IN4OS.